The molecule has 1 aliphatic rings. The van der Waals surface area contributed by atoms with Crippen LogP contribution in [0.1, 0.15) is 32.8 Å². The first-order valence-corrected chi connectivity index (χ1v) is 5.23. The molecule has 1 saturated carbocycles. The topological polar surface area (TPSA) is 0 Å². The van der Waals surface area contributed by atoms with Crippen molar-refractivity contribution in [1.29, 1.82) is 0 Å². The van der Waals surface area contributed by atoms with Crippen molar-refractivity contribution >= 4 is 0 Å². The smallest absolute Gasteiger partial charge is 0.000474 e. The van der Waals surface area contributed by atoms with Crippen LogP contribution < -0.4 is 0 Å². The normalized spacial score (nSPS) is 32.2. The predicted molar refractivity (Wildman–Crippen MR) is 56.7 cm³/mol. The van der Waals surface area contributed by atoms with Gasteiger partial charge in [0.25, 0.3) is 0 Å². The minimum absolute atomic E-state index is 0.501. The Balaban J connectivity index is 2.35. The summed E-state index contributed by atoms with van der Waals surface area (Å²) in [7, 11) is 0. The van der Waals surface area contributed by atoms with Crippen LogP contribution in [0.15, 0.2) is 30.3 Å². The van der Waals surface area contributed by atoms with E-state index in [1.807, 2.05) is 0 Å². The second-order valence-corrected chi connectivity index (χ2v) is 4.67. The molecule has 1 aromatic carbocycles. The van der Waals surface area contributed by atoms with E-state index in [9.17, 15) is 0 Å². The summed E-state index contributed by atoms with van der Waals surface area (Å²) < 4.78 is 0. The first-order valence-electron chi connectivity index (χ1n) is 5.23. The fourth-order valence-electron chi connectivity index (χ4n) is 2.74. The first-order chi connectivity index (χ1) is 6.18. The molecule has 0 radical (unpaired) electrons. The van der Waals surface area contributed by atoms with E-state index in [-0.39, 0.29) is 0 Å². The van der Waals surface area contributed by atoms with Crippen molar-refractivity contribution in [3.63, 3.8) is 0 Å². The molecule has 0 heterocycles. The minimum atomic E-state index is 0.501. The zero-order valence-corrected chi connectivity index (χ0v) is 8.75. The molecule has 0 saturated heterocycles. The molecule has 0 nitrogen and oxygen atoms in total. The Kier molecular flexibility index (Phi) is 1.94. The maximum atomic E-state index is 2.37. The van der Waals surface area contributed by atoms with E-state index in [4.69, 9.17) is 0 Å². The van der Waals surface area contributed by atoms with Gasteiger partial charge in [-0.15, -0.1) is 0 Å². The summed E-state index contributed by atoms with van der Waals surface area (Å²) in [5.74, 6) is 1.64. The van der Waals surface area contributed by atoms with Crippen molar-refractivity contribution in [2.75, 3.05) is 0 Å². The Morgan fingerprint density at radius 1 is 1.23 bits per heavy atom. The summed E-state index contributed by atoms with van der Waals surface area (Å²) in [4.78, 5) is 0. The van der Waals surface area contributed by atoms with E-state index in [1.54, 1.807) is 0 Å². The lowest BCUT2D eigenvalue weighted by Gasteiger charge is -2.21. The summed E-state index contributed by atoms with van der Waals surface area (Å²) in [6, 6.07) is 11.0. The van der Waals surface area contributed by atoms with Gasteiger partial charge in [0.15, 0.2) is 0 Å². The fourth-order valence-corrected chi connectivity index (χ4v) is 2.74. The number of hydrogen-bond donors (Lipinski definition) is 0. The standard InChI is InChI=1S/C13H18/c1-10(2)13(9-11(13)3)12-7-5-4-6-8-12/h4-8,10-11H,9H2,1-3H3/t11-,13-/m1/s1. The molecule has 1 fully saturated rings. The van der Waals surface area contributed by atoms with Gasteiger partial charge in [0.05, 0.1) is 0 Å². The molecule has 70 valence electrons. The second-order valence-electron chi connectivity index (χ2n) is 4.67. The Labute approximate surface area is 81.0 Å². The van der Waals surface area contributed by atoms with Gasteiger partial charge in [0, 0.05) is 5.41 Å². The number of benzene rings is 1. The SMILES string of the molecule is CC(C)[C@]1(c2ccccc2)C[C@H]1C. The quantitative estimate of drug-likeness (QED) is 0.642. The van der Waals surface area contributed by atoms with Crippen molar-refractivity contribution in [3.8, 4) is 0 Å². The maximum Gasteiger partial charge on any atom is 0.000474 e. The summed E-state index contributed by atoms with van der Waals surface area (Å²) in [5, 5.41) is 0. The highest BCUT2D eigenvalue weighted by atomic mass is 14.6. The molecule has 2 atom stereocenters. The molecule has 0 bridgehead atoms. The van der Waals surface area contributed by atoms with E-state index in [0.29, 0.717) is 5.41 Å². The monoisotopic (exact) mass is 174 g/mol. The zero-order chi connectivity index (χ0) is 9.47. The highest BCUT2D eigenvalue weighted by Gasteiger charge is 2.53. The van der Waals surface area contributed by atoms with E-state index in [0.717, 1.165) is 11.8 Å². The molecule has 0 amide bonds. The van der Waals surface area contributed by atoms with Crippen molar-refractivity contribution in [2.24, 2.45) is 11.8 Å². The van der Waals surface area contributed by atoms with Gasteiger partial charge in [-0.2, -0.15) is 0 Å². The summed E-state index contributed by atoms with van der Waals surface area (Å²) >= 11 is 0. The second kappa shape index (κ2) is 2.87. The highest BCUT2D eigenvalue weighted by molar-refractivity contribution is 5.33. The maximum absolute atomic E-state index is 2.37. The van der Waals surface area contributed by atoms with Gasteiger partial charge < -0.3 is 0 Å². The predicted octanol–water partition coefficient (Wildman–Crippen LogP) is 3.62. The molecule has 0 spiro atoms. The van der Waals surface area contributed by atoms with Crippen molar-refractivity contribution in [3.05, 3.63) is 35.9 Å². The van der Waals surface area contributed by atoms with Crippen molar-refractivity contribution < 1.29 is 0 Å². The number of rotatable bonds is 2. The van der Waals surface area contributed by atoms with Gasteiger partial charge in [0.1, 0.15) is 0 Å². The van der Waals surface area contributed by atoms with Crippen LogP contribution >= 0.6 is 0 Å². The Hall–Kier alpha value is -0.780. The average molecular weight is 174 g/mol. The summed E-state index contributed by atoms with van der Waals surface area (Å²) in [6.07, 6.45) is 1.37. The van der Waals surface area contributed by atoms with Crippen LogP contribution in [0, 0.1) is 11.8 Å². The molecule has 0 aromatic heterocycles. The van der Waals surface area contributed by atoms with E-state index < -0.39 is 0 Å². The van der Waals surface area contributed by atoms with Crippen LogP contribution in [0.3, 0.4) is 0 Å². The lowest BCUT2D eigenvalue weighted by Crippen LogP contribution is -2.16. The largest absolute Gasteiger partial charge is 0.0622 e. The third kappa shape index (κ3) is 1.20. The van der Waals surface area contributed by atoms with Crippen LogP contribution in [-0.4, -0.2) is 0 Å². The molecule has 1 aromatic rings. The Bertz CT molecular complexity index is 286. The fraction of sp³-hybridized carbons (Fsp3) is 0.538. The molecule has 13 heavy (non-hydrogen) atoms. The number of hydrogen-bond acceptors (Lipinski definition) is 0. The minimum Gasteiger partial charge on any atom is -0.0622 e. The van der Waals surface area contributed by atoms with Gasteiger partial charge in [-0.3, -0.25) is 0 Å². The van der Waals surface area contributed by atoms with Gasteiger partial charge in [-0.25, -0.2) is 0 Å². The van der Waals surface area contributed by atoms with Crippen LogP contribution in [-0.2, 0) is 5.41 Å². The van der Waals surface area contributed by atoms with Gasteiger partial charge in [-0.05, 0) is 23.8 Å². The molecular formula is C13H18. The van der Waals surface area contributed by atoms with Gasteiger partial charge in [0.2, 0.25) is 0 Å². The first kappa shape index (κ1) is 8.80. The highest BCUT2D eigenvalue weighted by Crippen LogP contribution is 2.58. The third-order valence-corrected chi connectivity index (χ3v) is 3.70. The van der Waals surface area contributed by atoms with E-state index >= 15 is 0 Å². The van der Waals surface area contributed by atoms with Crippen molar-refractivity contribution in [1.82, 2.24) is 0 Å². The van der Waals surface area contributed by atoms with E-state index in [2.05, 4.69) is 51.1 Å². The van der Waals surface area contributed by atoms with Crippen LogP contribution in [0.4, 0.5) is 0 Å². The van der Waals surface area contributed by atoms with E-state index in [1.165, 1.54) is 12.0 Å². The van der Waals surface area contributed by atoms with Gasteiger partial charge >= 0.3 is 0 Å². The molecule has 1 aliphatic carbocycles. The molecule has 0 N–H and O–H groups in total. The molecule has 0 heteroatoms. The molecule has 0 unspecified atom stereocenters. The van der Waals surface area contributed by atoms with Crippen LogP contribution in [0.25, 0.3) is 0 Å². The summed E-state index contributed by atoms with van der Waals surface area (Å²) in [5.41, 5.74) is 2.04. The Morgan fingerprint density at radius 3 is 2.15 bits per heavy atom. The third-order valence-electron chi connectivity index (χ3n) is 3.70. The Morgan fingerprint density at radius 2 is 1.77 bits per heavy atom. The van der Waals surface area contributed by atoms with Crippen molar-refractivity contribution in [2.45, 2.75) is 32.6 Å². The van der Waals surface area contributed by atoms with Crippen LogP contribution in [0.5, 0.6) is 0 Å². The average Bonchev–Trinajstić information content (AvgIpc) is 2.80. The molecular weight excluding hydrogens is 156 g/mol. The summed E-state index contributed by atoms with van der Waals surface area (Å²) in [6.45, 7) is 7.06. The molecule has 2 rings (SSSR count). The van der Waals surface area contributed by atoms with Gasteiger partial charge in [-0.1, -0.05) is 51.1 Å². The zero-order valence-electron chi connectivity index (χ0n) is 8.75. The molecule has 0 aliphatic heterocycles. The lowest BCUT2D eigenvalue weighted by molar-refractivity contribution is 0.449. The lowest BCUT2D eigenvalue weighted by atomic mass is 9.83. The van der Waals surface area contributed by atoms with Crippen LogP contribution in [0.2, 0.25) is 0 Å².